The van der Waals surface area contributed by atoms with Crippen LogP contribution in [-0.2, 0) is 4.74 Å². The molecule has 3 rings (SSSR count). The van der Waals surface area contributed by atoms with Crippen molar-refractivity contribution in [1.82, 2.24) is 19.9 Å². The van der Waals surface area contributed by atoms with E-state index in [0.29, 0.717) is 24.1 Å². The maximum atomic E-state index is 12.3. The van der Waals surface area contributed by atoms with Gasteiger partial charge in [0.1, 0.15) is 16.6 Å². The van der Waals surface area contributed by atoms with Crippen molar-refractivity contribution in [1.29, 1.82) is 0 Å². The molecular weight excluding hydrogens is 284 g/mol. The quantitative estimate of drug-likeness (QED) is 0.804. The van der Waals surface area contributed by atoms with Crippen molar-refractivity contribution in [2.24, 2.45) is 5.92 Å². The topological polar surface area (TPSA) is 77.3 Å². The highest BCUT2D eigenvalue weighted by Gasteiger charge is 2.39. The second-order valence-electron chi connectivity index (χ2n) is 6.40. The molecule has 1 aliphatic rings. The number of amides is 1. The van der Waals surface area contributed by atoms with Crippen LogP contribution in [0.15, 0.2) is 24.3 Å². The summed E-state index contributed by atoms with van der Waals surface area (Å²) < 4.78 is 5.26. The number of rotatable bonds is 1. The van der Waals surface area contributed by atoms with Crippen LogP contribution in [0.1, 0.15) is 25.6 Å². The summed E-state index contributed by atoms with van der Waals surface area (Å²) in [6.45, 7) is 6.11. The Morgan fingerprint density at radius 3 is 2.18 bits per heavy atom. The van der Waals surface area contributed by atoms with Gasteiger partial charge in [-0.15, -0.1) is 15.0 Å². The molecule has 0 unspecified atom stereocenters. The number of hydrogen-bond acceptors (Lipinski definition) is 5. The molecule has 0 N–H and O–H groups in total. The number of likely N-dealkylation sites (tertiary alicyclic amines) is 1. The van der Waals surface area contributed by atoms with E-state index < -0.39 is 11.7 Å². The van der Waals surface area contributed by atoms with Gasteiger partial charge in [-0.1, -0.05) is 12.1 Å². The Hall–Kier alpha value is -2.44. The number of ether oxygens (including phenoxy) is 1. The average molecular weight is 302 g/mol. The van der Waals surface area contributed by atoms with E-state index >= 15 is 0 Å². The minimum atomic E-state index is -0.534. The molecule has 0 saturated carbocycles. The second-order valence-corrected chi connectivity index (χ2v) is 6.40. The fourth-order valence-corrected chi connectivity index (χ4v) is 2.23. The van der Waals surface area contributed by atoms with Gasteiger partial charge in [0.2, 0.25) is 0 Å². The van der Waals surface area contributed by atoms with Crippen molar-refractivity contribution in [3.63, 3.8) is 0 Å². The normalized spacial score (nSPS) is 15.7. The molecule has 7 nitrogen and oxygen atoms in total. The zero-order chi connectivity index (χ0) is 15.9. The van der Waals surface area contributed by atoms with Gasteiger partial charge in [0, 0.05) is 13.1 Å². The maximum Gasteiger partial charge on any atom is 0.410 e. The van der Waals surface area contributed by atoms with Crippen LogP contribution in [0.25, 0.3) is 11.0 Å². The maximum absolute atomic E-state index is 12.3. The van der Waals surface area contributed by atoms with Crippen molar-refractivity contribution >= 4 is 23.0 Å². The van der Waals surface area contributed by atoms with E-state index in [1.54, 1.807) is 12.1 Å². The molecule has 0 radical (unpaired) electrons. The summed E-state index contributed by atoms with van der Waals surface area (Å²) in [5.74, 6) is -0.481. The van der Waals surface area contributed by atoms with E-state index in [2.05, 4.69) is 10.2 Å². The highest BCUT2D eigenvalue weighted by Crippen LogP contribution is 2.21. The highest BCUT2D eigenvalue weighted by atomic mass is 16.6. The number of carbonyl (C=O) groups is 2. The number of aromatic nitrogens is 3. The molecule has 0 bridgehead atoms. The summed E-state index contributed by atoms with van der Waals surface area (Å²) in [5, 5.41) is 8.33. The Kier molecular flexibility index (Phi) is 3.35. The van der Waals surface area contributed by atoms with Crippen molar-refractivity contribution in [2.75, 3.05) is 13.1 Å². The van der Waals surface area contributed by atoms with E-state index in [1.807, 2.05) is 32.9 Å². The summed E-state index contributed by atoms with van der Waals surface area (Å²) in [7, 11) is 0. The van der Waals surface area contributed by atoms with Gasteiger partial charge in [0.15, 0.2) is 0 Å². The third-order valence-electron chi connectivity index (χ3n) is 3.37. The molecule has 1 amide bonds. The highest BCUT2D eigenvalue weighted by molar-refractivity contribution is 5.85. The Balaban J connectivity index is 1.63. The molecule has 1 saturated heterocycles. The molecule has 1 fully saturated rings. The number of carbonyl (C=O) groups excluding carboxylic acids is 2. The van der Waals surface area contributed by atoms with Gasteiger partial charge in [-0.25, -0.2) is 4.79 Å². The van der Waals surface area contributed by atoms with Gasteiger partial charge in [0.05, 0.1) is 5.92 Å². The van der Waals surface area contributed by atoms with Gasteiger partial charge in [0.25, 0.3) is 5.91 Å². The molecular formula is C15H18N4O3. The van der Waals surface area contributed by atoms with Crippen LogP contribution in [0.5, 0.6) is 0 Å². The third-order valence-corrected chi connectivity index (χ3v) is 3.37. The monoisotopic (exact) mass is 302 g/mol. The molecule has 116 valence electrons. The summed E-state index contributed by atoms with van der Waals surface area (Å²) >= 11 is 0. The lowest BCUT2D eigenvalue weighted by Gasteiger charge is -2.38. The Morgan fingerprint density at radius 2 is 1.68 bits per heavy atom. The van der Waals surface area contributed by atoms with Crippen molar-refractivity contribution in [2.45, 2.75) is 26.4 Å². The van der Waals surface area contributed by atoms with Gasteiger partial charge >= 0.3 is 6.09 Å². The molecule has 7 heteroatoms. The summed E-state index contributed by atoms with van der Waals surface area (Å²) in [4.78, 5) is 26.8. The van der Waals surface area contributed by atoms with Crippen LogP contribution >= 0.6 is 0 Å². The van der Waals surface area contributed by atoms with Crippen molar-refractivity contribution in [3.8, 4) is 0 Å². The van der Waals surface area contributed by atoms with Crippen LogP contribution in [0.3, 0.4) is 0 Å². The number of hydrogen-bond donors (Lipinski definition) is 0. The first kappa shape index (κ1) is 14.5. The first-order valence-corrected chi connectivity index (χ1v) is 7.18. The summed E-state index contributed by atoms with van der Waals surface area (Å²) in [5.41, 5.74) is 0.825. The molecule has 2 aromatic rings. The van der Waals surface area contributed by atoms with E-state index in [1.165, 1.54) is 4.90 Å². The Morgan fingerprint density at radius 1 is 1.14 bits per heavy atom. The lowest BCUT2D eigenvalue weighted by atomic mass is 10.0. The smallest absolute Gasteiger partial charge is 0.410 e. The molecule has 22 heavy (non-hydrogen) atoms. The predicted octanol–water partition coefficient (Wildman–Crippen LogP) is 1.94. The Bertz CT molecular complexity index is 693. The lowest BCUT2D eigenvalue weighted by molar-refractivity contribution is -0.000714. The molecule has 2 heterocycles. The fraction of sp³-hybridized carbons (Fsp3) is 0.467. The van der Waals surface area contributed by atoms with E-state index in [9.17, 15) is 9.59 Å². The second kappa shape index (κ2) is 5.08. The van der Waals surface area contributed by atoms with Gasteiger partial charge in [-0.2, -0.15) is 0 Å². The van der Waals surface area contributed by atoms with Crippen molar-refractivity contribution in [3.05, 3.63) is 24.3 Å². The van der Waals surface area contributed by atoms with E-state index in [0.717, 1.165) is 4.80 Å². The Labute approximate surface area is 127 Å². The third kappa shape index (κ3) is 2.79. The first-order valence-electron chi connectivity index (χ1n) is 7.18. The summed E-state index contributed by atoms with van der Waals surface area (Å²) in [6.07, 6.45) is -0.393. The average Bonchev–Trinajstić information content (AvgIpc) is 2.78. The minimum Gasteiger partial charge on any atom is -0.444 e. The standard InChI is InChI=1S/C15H18N4O3/c1-15(2,3)22-14(21)18-8-10(9-18)13(20)19-16-11-6-4-5-7-12(11)17-19/h4-7,10H,8-9H2,1-3H3. The SMILES string of the molecule is CC(C)(C)OC(=O)N1CC(C(=O)n2nc3ccccc3n2)C1. The first-order chi connectivity index (χ1) is 10.3. The molecule has 1 aromatic heterocycles. The summed E-state index contributed by atoms with van der Waals surface area (Å²) in [6, 6.07) is 7.30. The van der Waals surface area contributed by atoms with Crippen LogP contribution in [0, 0.1) is 5.92 Å². The lowest BCUT2D eigenvalue weighted by Crippen LogP contribution is -2.55. The largest absolute Gasteiger partial charge is 0.444 e. The molecule has 1 aliphatic heterocycles. The fourth-order valence-electron chi connectivity index (χ4n) is 2.23. The van der Waals surface area contributed by atoms with Crippen LogP contribution < -0.4 is 0 Å². The molecule has 1 aromatic carbocycles. The predicted molar refractivity (Wildman–Crippen MR) is 79.5 cm³/mol. The minimum absolute atomic E-state index is 0.198. The zero-order valence-electron chi connectivity index (χ0n) is 12.8. The van der Waals surface area contributed by atoms with Crippen molar-refractivity contribution < 1.29 is 14.3 Å². The van der Waals surface area contributed by atoms with E-state index in [-0.39, 0.29) is 11.8 Å². The zero-order valence-corrected chi connectivity index (χ0v) is 12.8. The number of fused-ring (bicyclic) bond motifs is 1. The van der Waals surface area contributed by atoms with Gasteiger partial charge in [-0.05, 0) is 32.9 Å². The molecule has 0 spiro atoms. The van der Waals surface area contributed by atoms with Crippen LogP contribution in [0.2, 0.25) is 0 Å². The van der Waals surface area contributed by atoms with Crippen LogP contribution in [-0.4, -0.2) is 50.6 Å². The number of benzene rings is 1. The molecule has 0 atom stereocenters. The van der Waals surface area contributed by atoms with E-state index in [4.69, 9.17) is 4.74 Å². The van der Waals surface area contributed by atoms with Gasteiger partial charge in [-0.3, -0.25) is 4.79 Å². The number of nitrogens with zero attached hydrogens (tertiary/aromatic N) is 4. The van der Waals surface area contributed by atoms with Crippen LogP contribution in [0.4, 0.5) is 4.79 Å². The van der Waals surface area contributed by atoms with Gasteiger partial charge < -0.3 is 9.64 Å². The molecule has 0 aliphatic carbocycles.